The first-order valence-corrected chi connectivity index (χ1v) is 11.1. The number of carbonyl (C=O) groups excluding carboxylic acids is 1. The lowest BCUT2D eigenvalue weighted by Crippen LogP contribution is -2.40. The van der Waals surface area contributed by atoms with Crippen LogP contribution in [0.15, 0.2) is 24.3 Å². The van der Waals surface area contributed by atoms with Crippen molar-refractivity contribution in [3.8, 4) is 5.75 Å². The Morgan fingerprint density at radius 2 is 1.83 bits per heavy atom. The van der Waals surface area contributed by atoms with Gasteiger partial charge in [0.25, 0.3) is 0 Å². The van der Waals surface area contributed by atoms with Crippen LogP contribution in [-0.2, 0) is 25.1 Å². The molecule has 164 valence electrons. The van der Waals surface area contributed by atoms with E-state index in [1.54, 1.807) is 38.1 Å². The highest BCUT2D eigenvalue weighted by Crippen LogP contribution is 2.50. The van der Waals surface area contributed by atoms with Gasteiger partial charge >= 0.3 is 13.6 Å². The SMILES string of the molecule is COc1ccc(CC(=O)NC(C(C)C)P(=O)(O)OC(CCCCN)C(=O)O)cc1. The molecule has 1 aromatic carbocycles. The molecule has 0 radical (unpaired) electrons. The van der Waals surface area contributed by atoms with Gasteiger partial charge in [0.1, 0.15) is 11.5 Å². The molecule has 10 heteroatoms. The van der Waals surface area contributed by atoms with E-state index in [4.69, 9.17) is 15.0 Å². The number of aliphatic carboxylic acids is 1. The molecule has 1 amide bonds. The second-order valence-electron chi connectivity index (χ2n) is 7.06. The van der Waals surface area contributed by atoms with Crippen LogP contribution in [0.2, 0.25) is 0 Å². The first kappa shape index (κ1) is 25.1. The number of amides is 1. The van der Waals surface area contributed by atoms with Gasteiger partial charge in [-0.3, -0.25) is 13.9 Å². The molecule has 0 spiro atoms. The second kappa shape index (κ2) is 11.9. The number of hydrogen-bond acceptors (Lipinski definition) is 6. The van der Waals surface area contributed by atoms with Crippen LogP contribution in [0.25, 0.3) is 0 Å². The monoisotopic (exact) mass is 430 g/mol. The summed E-state index contributed by atoms with van der Waals surface area (Å²) < 4.78 is 22.9. The van der Waals surface area contributed by atoms with E-state index < -0.39 is 37.3 Å². The molecule has 29 heavy (non-hydrogen) atoms. The van der Waals surface area contributed by atoms with Gasteiger partial charge < -0.3 is 25.8 Å². The van der Waals surface area contributed by atoms with E-state index in [-0.39, 0.29) is 12.8 Å². The van der Waals surface area contributed by atoms with Gasteiger partial charge in [0.15, 0.2) is 6.10 Å². The first-order chi connectivity index (χ1) is 13.6. The minimum Gasteiger partial charge on any atom is -0.497 e. The molecule has 9 nitrogen and oxygen atoms in total. The number of ether oxygens (including phenoxy) is 1. The summed E-state index contributed by atoms with van der Waals surface area (Å²) in [6, 6.07) is 6.86. The molecule has 3 unspecified atom stereocenters. The maximum Gasteiger partial charge on any atom is 0.351 e. The van der Waals surface area contributed by atoms with E-state index >= 15 is 0 Å². The molecule has 0 heterocycles. The summed E-state index contributed by atoms with van der Waals surface area (Å²) in [6.07, 6.45) is -0.371. The van der Waals surface area contributed by atoms with E-state index in [1.807, 2.05) is 0 Å². The third kappa shape index (κ3) is 8.53. The Morgan fingerprint density at radius 3 is 2.31 bits per heavy atom. The highest BCUT2D eigenvalue weighted by Gasteiger charge is 2.40. The predicted molar refractivity (Wildman–Crippen MR) is 109 cm³/mol. The first-order valence-electron chi connectivity index (χ1n) is 9.46. The van der Waals surface area contributed by atoms with Crippen molar-refractivity contribution in [1.29, 1.82) is 0 Å². The van der Waals surface area contributed by atoms with Gasteiger partial charge in [-0.1, -0.05) is 26.0 Å². The van der Waals surface area contributed by atoms with Gasteiger partial charge in [0, 0.05) is 0 Å². The number of carboxylic acid groups (broad SMARTS) is 1. The lowest BCUT2D eigenvalue weighted by molar-refractivity contribution is -0.145. The van der Waals surface area contributed by atoms with E-state index in [0.717, 1.165) is 0 Å². The van der Waals surface area contributed by atoms with Crippen LogP contribution in [0.1, 0.15) is 38.7 Å². The zero-order valence-electron chi connectivity index (χ0n) is 17.0. The summed E-state index contributed by atoms with van der Waals surface area (Å²) in [5.41, 5.74) is 6.09. The van der Waals surface area contributed by atoms with Crippen molar-refractivity contribution in [2.45, 2.75) is 51.4 Å². The molecule has 0 aromatic heterocycles. The highest BCUT2D eigenvalue weighted by molar-refractivity contribution is 7.53. The van der Waals surface area contributed by atoms with E-state index in [0.29, 0.717) is 30.7 Å². The number of methoxy groups -OCH3 is 1. The fraction of sp³-hybridized carbons (Fsp3) is 0.579. The number of nitrogens with two attached hydrogens (primary N) is 1. The Labute approximate surface area is 171 Å². The zero-order valence-corrected chi connectivity index (χ0v) is 17.9. The Bertz CT molecular complexity index is 709. The van der Waals surface area contributed by atoms with Crippen LogP contribution in [-0.4, -0.2) is 47.4 Å². The molecule has 3 atom stereocenters. The molecule has 0 fully saturated rings. The Hall–Kier alpha value is -1.93. The summed E-state index contributed by atoms with van der Waals surface area (Å²) in [4.78, 5) is 34.2. The molecule has 0 bridgehead atoms. The van der Waals surface area contributed by atoms with Gasteiger partial charge in [0.05, 0.1) is 13.5 Å². The number of benzene rings is 1. The number of rotatable bonds is 13. The van der Waals surface area contributed by atoms with Gasteiger partial charge in [-0.05, 0) is 49.4 Å². The molecule has 0 saturated heterocycles. The lowest BCUT2D eigenvalue weighted by atomic mass is 10.1. The average molecular weight is 430 g/mol. The number of hydrogen-bond donors (Lipinski definition) is 4. The summed E-state index contributed by atoms with van der Waals surface area (Å²) in [5, 5.41) is 11.8. The molecule has 0 aliphatic heterocycles. The molecule has 5 N–H and O–H groups in total. The highest BCUT2D eigenvalue weighted by atomic mass is 31.2. The maximum absolute atomic E-state index is 12.8. The summed E-state index contributed by atoms with van der Waals surface area (Å²) >= 11 is 0. The average Bonchev–Trinajstić information content (AvgIpc) is 2.65. The topological polar surface area (TPSA) is 148 Å². The molecule has 0 aliphatic carbocycles. The third-order valence-electron chi connectivity index (χ3n) is 4.29. The summed E-state index contributed by atoms with van der Waals surface area (Å²) in [6.45, 7) is 3.68. The van der Waals surface area contributed by atoms with Crippen LogP contribution in [0.3, 0.4) is 0 Å². The molecular weight excluding hydrogens is 399 g/mol. The largest absolute Gasteiger partial charge is 0.497 e. The molecule has 1 aromatic rings. The van der Waals surface area contributed by atoms with Gasteiger partial charge in [0.2, 0.25) is 5.91 Å². The second-order valence-corrected chi connectivity index (χ2v) is 8.96. The van der Waals surface area contributed by atoms with Crippen LogP contribution < -0.4 is 15.8 Å². The van der Waals surface area contributed by atoms with Crippen LogP contribution in [0.5, 0.6) is 5.75 Å². The smallest absolute Gasteiger partial charge is 0.351 e. The van der Waals surface area contributed by atoms with Gasteiger partial charge in [-0.15, -0.1) is 0 Å². The van der Waals surface area contributed by atoms with Gasteiger partial charge in [-0.25, -0.2) is 4.79 Å². The van der Waals surface area contributed by atoms with Crippen molar-refractivity contribution < 1.29 is 33.4 Å². The number of unbranched alkanes of at least 4 members (excludes halogenated alkanes) is 1. The number of carbonyl (C=O) groups is 2. The van der Waals surface area contributed by atoms with Crippen LogP contribution in [0.4, 0.5) is 0 Å². The standard InChI is InChI=1S/C19H31N2O7P/c1-13(2)18(21-17(22)12-14-7-9-15(27-3)10-8-14)29(25,26)28-16(19(23)24)6-4-5-11-20/h7-10,13,16,18H,4-6,11-12,20H2,1-3H3,(H,21,22)(H,23,24)(H,25,26). The van der Waals surface area contributed by atoms with Gasteiger partial charge in [-0.2, -0.15) is 0 Å². The van der Waals surface area contributed by atoms with Crippen molar-refractivity contribution in [1.82, 2.24) is 5.32 Å². The zero-order chi connectivity index (χ0) is 22.0. The summed E-state index contributed by atoms with van der Waals surface area (Å²) in [7, 11) is -2.92. The fourth-order valence-corrected chi connectivity index (χ4v) is 4.46. The lowest BCUT2D eigenvalue weighted by Gasteiger charge is -2.28. The Kier molecular flexibility index (Phi) is 10.3. The molecule has 1 rings (SSSR count). The number of nitrogens with one attached hydrogen (secondary N) is 1. The maximum atomic E-state index is 12.8. The molecule has 0 saturated carbocycles. The van der Waals surface area contributed by atoms with Crippen molar-refractivity contribution in [3.05, 3.63) is 29.8 Å². The van der Waals surface area contributed by atoms with Crippen LogP contribution in [0, 0.1) is 5.92 Å². The van der Waals surface area contributed by atoms with Crippen molar-refractivity contribution >= 4 is 19.5 Å². The van der Waals surface area contributed by atoms with E-state index in [2.05, 4.69) is 5.32 Å². The van der Waals surface area contributed by atoms with E-state index in [1.165, 1.54) is 7.11 Å². The Balaban J connectivity index is 2.82. The molecular formula is C19H31N2O7P. The van der Waals surface area contributed by atoms with Crippen LogP contribution >= 0.6 is 7.60 Å². The predicted octanol–water partition coefficient (Wildman–Crippen LogP) is 2.12. The number of carboxylic acids is 1. The minimum atomic E-state index is -4.45. The van der Waals surface area contributed by atoms with Crippen molar-refractivity contribution in [3.63, 3.8) is 0 Å². The fourth-order valence-electron chi connectivity index (χ4n) is 2.71. The minimum absolute atomic E-state index is 0.00786. The van der Waals surface area contributed by atoms with E-state index in [9.17, 15) is 24.2 Å². The van der Waals surface area contributed by atoms with Crippen molar-refractivity contribution in [2.75, 3.05) is 13.7 Å². The normalized spacial score (nSPS) is 15.4. The third-order valence-corrected chi connectivity index (χ3v) is 6.27. The quantitative estimate of drug-likeness (QED) is 0.275. The summed E-state index contributed by atoms with van der Waals surface area (Å²) in [5.74, 6) is -2.84. The Morgan fingerprint density at radius 1 is 1.21 bits per heavy atom. The molecule has 0 aliphatic rings. The van der Waals surface area contributed by atoms with Crippen molar-refractivity contribution in [2.24, 2.45) is 11.7 Å².